The quantitative estimate of drug-likeness (QED) is 0.138. The van der Waals surface area contributed by atoms with Gasteiger partial charge in [-0.2, -0.15) is 5.10 Å². The lowest BCUT2D eigenvalue weighted by Crippen LogP contribution is -1.92. The van der Waals surface area contributed by atoms with Gasteiger partial charge in [0, 0.05) is 136 Å². The van der Waals surface area contributed by atoms with Crippen molar-refractivity contribution < 1.29 is 17.8 Å². The molecule has 0 atom stereocenters. The Labute approximate surface area is 733 Å². The Morgan fingerprint density at radius 2 is 0.812 bits per heavy atom. The van der Waals surface area contributed by atoms with Crippen molar-refractivity contribution in [2.24, 2.45) is 35.2 Å². The largest absolute Gasteiger partial charge is 0.470 e. The van der Waals surface area contributed by atoms with Gasteiger partial charge in [-0.05, 0) is 161 Å². The Bertz CT molecular complexity index is 3100. The maximum atomic E-state index is 4.83. The second-order valence-electron chi connectivity index (χ2n) is 19.2. The summed E-state index contributed by atoms with van der Waals surface area (Å²) in [5, 5.41) is 22.3. The fourth-order valence-electron chi connectivity index (χ4n) is 5.42. The van der Waals surface area contributed by atoms with E-state index in [0.29, 0.717) is 0 Å². The van der Waals surface area contributed by atoms with Crippen molar-refractivity contribution in [3.63, 3.8) is 0 Å². The molecule has 0 fully saturated rings. The molecule has 23 heteroatoms. The molecule has 0 unspecified atom stereocenters. The predicted octanol–water partition coefficient (Wildman–Crippen LogP) is 30.8. The number of thiazole rings is 1. The predicted molar refractivity (Wildman–Crippen MR) is 522 cm³/mol. The van der Waals surface area contributed by atoms with E-state index in [-0.39, 0.29) is 0 Å². The second-order valence-corrected chi connectivity index (χ2v) is 23.6. The van der Waals surface area contributed by atoms with Gasteiger partial charge in [-0.1, -0.05) is 233 Å². The zero-order valence-electron chi connectivity index (χ0n) is 82.5. The molecular formula is C94H171N15O4S4. The number of nitrogens with zero attached hydrogens (tertiary/aromatic N) is 15. The van der Waals surface area contributed by atoms with Crippen molar-refractivity contribution in [3.05, 3.63) is 283 Å². The van der Waals surface area contributed by atoms with E-state index in [2.05, 4.69) is 140 Å². The third kappa shape index (κ3) is 101. The summed E-state index contributed by atoms with van der Waals surface area (Å²) < 4.78 is 32.5. The Kier molecular flexibility index (Phi) is 135. The lowest BCUT2D eigenvalue weighted by molar-refractivity contribution is 0.397. The number of furan rings is 1. The van der Waals surface area contributed by atoms with E-state index in [1.54, 1.807) is 122 Å². The van der Waals surface area contributed by atoms with E-state index in [9.17, 15) is 0 Å². The fourth-order valence-corrected chi connectivity index (χ4v) is 7.33. The summed E-state index contributed by atoms with van der Waals surface area (Å²) in [5.74, 6) is 6.24. The first-order valence-corrected chi connectivity index (χ1v) is 45.0. The van der Waals surface area contributed by atoms with Crippen LogP contribution in [-0.2, 0) is 35.2 Å². The van der Waals surface area contributed by atoms with Gasteiger partial charge < -0.3 is 36.0 Å². The first-order chi connectivity index (χ1) is 56.5. The number of thiophene rings is 2. The average molecular weight is 1700 g/mol. The van der Waals surface area contributed by atoms with Crippen LogP contribution in [0.15, 0.2) is 218 Å². The van der Waals surface area contributed by atoms with Gasteiger partial charge in [0.25, 0.3) is 0 Å². The van der Waals surface area contributed by atoms with Gasteiger partial charge in [0.15, 0.2) is 11.8 Å². The maximum Gasteiger partial charge on any atom is 0.190 e. The molecule has 0 aliphatic heterocycles. The highest BCUT2D eigenvalue weighted by molar-refractivity contribution is 7.10. The molecule has 0 saturated heterocycles. The molecule has 1 aromatic carbocycles. The van der Waals surface area contributed by atoms with Gasteiger partial charge in [-0.25, -0.2) is 24.3 Å². The lowest BCUT2D eigenvalue weighted by Gasteiger charge is -1.90. The summed E-state index contributed by atoms with van der Waals surface area (Å²) in [5.41, 5.74) is 5.02. The average Bonchev–Trinajstić information content (AvgIpc) is 1.77. The molecule has 19 nitrogen and oxygen atoms in total. The first kappa shape index (κ1) is 137. The van der Waals surface area contributed by atoms with Crippen LogP contribution in [0.1, 0.15) is 263 Å². The first-order valence-electron chi connectivity index (χ1n) is 41.6. The van der Waals surface area contributed by atoms with Crippen LogP contribution in [0.25, 0.3) is 0 Å². The van der Waals surface area contributed by atoms with Crippen molar-refractivity contribution in [2.45, 2.75) is 284 Å². The van der Waals surface area contributed by atoms with Crippen LogP contribution in [0.4, 0.5) is 0 Å². The number of aryl methyl sites for hydroxylation is 19. The summed E-state index contributed by atoms with van der Waals surface area (Å²) in [6.07, 6.45) is 24.4. The molecule has 14 rings (SSSR count). The molecule has 670 valence electrons. The van der Waals surface area contributed by atoms with Crippen molar-refractivity contribution in [3.8, 4) is 0 Å². The molecule has 117 heavy (non-hydrogen) atoms. The van der Waals surface area contributed by atoms with Crippen LogP contribution in [0.3, 0.4) is 0 Å². The van der Waals surface area contributed by atoms with Gasteiger partial charge in [0.2, 0.25) is 0 Å². The Hall–Kier alpha value is -9.16. The van der Waals surface area contributed by atoms with Crippen LogP contribution in [0.5, 0.6) is 0 Å². The second kappa shape index (κ2) is 115. The van der Waals surface area contributed by atoms with Crippen molar-refractivity contribution in [2.75, 3.05) is 0 Å². The summed E-state index contributed by atoms with van der Waals surface area (Å²) in [4.78, 5) is 23.3. The molecule has 0 N–H and O–H groups in total. The molecule has 0 aliphatic rings. The number of oxazole rings is 2. The van der Waals surface area contributed by atoms with Crippen molar-refractivity contribution in [1.82, 2.24) is 72.7 Å². The normalized spacial score (nSPS) is 7.74. The van der Waals surface area contributed by atoms with Crippen LogP contribution >= 0.6 is 45.5 Å². The van der Waals surface area contributed by atoms with E-state index < -0.39 is 0 Å². The zero-order chi connectivity index (χ0) is 93.6. The number of rotatable bonds is 0. The van der Waals surface area contributed by atoms with E-state index in [1.807, 2.05) is 368 Å². The van der Waals surface area contributed by atoms with Gasteiger partial charge in [-0.3, -0.25) is 9.67 Å². The van der Waals surface area contributed by atoms with Gasteiger partial charge in [-0.15, -0.1) is 44.2 Å². The topological polar surface area (TPSA) is 206 Å². The standard InChI is InChI=1S/C7H8.C6H9N.C5H9N3.3C5H8N2.C5H6O.2C5H6S.3C4H5NO.2C4H5NS.13C2H6/c1-7-5-3-2-4-6-7;1-6-4-3-5-7(6)2;1-4-6-7-5(2)8(4)3;1-5-3-6-4-7(5)2;1-5-6-3-4-7(5)2;1-5-3-4-6-7(5)2;3*1-5-3-2-4-6-5;2*1-4-5-2-3-6-4;1-4-2-3-5-6-4;1-4-5-2-3-6-4;1-4-2-3-5-6-4;13*1-2/h2-6H,1H3;3-5H,1-2H3;1-3H3;3*3-4H,1-2H3;3*2-4H,1H3;5*2-3H,1H3;13*1-2H3. The molecule has 13 aromatic heterocycles. The number of imidazole rings is 2. The molecule has 14 aromatic rings. The van der Waals surface area contributed by atoms with Crippen LogP contribution in [-0.4, -0.2) is 72.7 Å². The van der Waals surface area contributed by atoms with E-state index in [0.717, 1.165) is 45.8 Å². The van der Waals surface area contributed by atoms with Crippen LogP contribution in [0, 0.1) is 104 Å². The van der Waals surface area contributed by atoms with E-state index in [4.69, 9.17) is 13.3 Å². The molecular weight excluding hydrogens is 1530 g/mol. The zero-order valence-corrected chi connectivity index (χ0v) is 85.8. The molecule has 0 spiro atoms. The summed E-state index contributed by atoms with van der Waals surface area (Å²) in [6, 6.07) is 32.3. The molecule has 0 radical (unpaired) electrons. The molecule has 13 heterocycles. The van der Waals surface area contributed by atoms with Crippen LogP contribution < -0.4 is 0 Å². The fraction of sp³-hybridized carbons (Fsp3) is 0.489. The summed E-state index contributed by atoms with van der Waals surface area (Å²) in [6.45, 7) is 81.7. The SMILES string of the molecule is CC.CC.CC.CC.CC.CC.CC.CC.CC.CC.CC.CC.CC.Cc1ccccc1.Cc1cccn1C.Cc1ccco1.Cc1cccs1.Cc1cccs1.Cc1ccnn1C.Cc1ccno1.Cc1ccns1.Cc1cncn1C.Cc1nccn1C.Cc1ncco1.Cc1ncco1.Cc1nccs1.Cc1nnc(C)n1C. The monoisotopic (exact) mass is 1700 g/mol. The highest BCUT2D eigenvalue weighted by Gasteiger charge is 1.95. The highest BCUT2D eigenvalue weighted by atomic mass is 32.1. The number of benzene rings is 1. The Balaban J connectivity index is -0.0000000886. The minimum absolute atomic E-state index is 0.718. The van der Waals surface area contributed by atoms with Crippen molar-refractivity contribution in [1.29, 1.82) is 0 Å². The maximum absolute atomic E-state index is 4.83. The number of hydrogen-bond donors (Lipinski definition) is 0. The minimum Gasteiger partial charge on any atom is -0.470 e. The molecule has 0 aliphatic carbocycles. The lowest BCUT2D eigenvalue weighted by atomic mass is 10.2. The minimum atomic E-state index is 0.718. The van der Waals surface area contributed by atoms with Gasteiger partial charge >= 0.3 is 0 Å². The highest BCUT2D eigenvalue weighted by Crippen LogP contribution is 2.05. The van der Waals surface area contributed by atoms with Gasteiger partial charge in [0.05, 0.1) is 36.2 Å². The summed E-state index contributed by atoms with van der Waals surface area (Å²) >= 11 is 6.75. The van der Waals surface area contributed by atoms with Crippen LogP contribution in [0.2, 0.25) is 0 Å². The van der Waals surface area contributed by atoms with E-state index >= 15 is 0 Å². The van der Waals surface area contributed by atoms with E-state index in [1.165, 1.54) is 48.8 Å². The number of aromatic nitrogens is 15. The molecule has 0 saturated carbocycles. The van der Waals surface area contributed by atoms with Crippen molar-refractivity contribution >= 4 is 45.5 Å². The smallest absolute Gasteiger partial charge is 0.190 e. The third-order valence-electron chi connectivity index (χ3n) is 11.4. The number of hydrogen-bond acceptors (Lipinski definition) is 18. The Morgan fingerprint density at radius 1 is 0.325 bits per heavy atom. The molecule has 0 amide bonds. The molecule has 0 bridgehead atoms. The summed E-state index contributed by atoms with van der Waals surface area (Å²) in [7, 11) is 9.86. The third-order valence-corrected chi connectivity index (χ3v) is 14.4. The van der Waals surface area contributed by atoms with Gasteiger partial charge in [0.1, 0.15) is 41.5 Å². The Morgan fingerprint density at radius 3 is 0.923 bits per heavy atom.